The number of aromatic nitrogens is 1. The summed E-state index contributed by atoms with van der Waals surface area (Å²) in [7, 11) is 1.82. The molecular weight excluding hydrogens is 284 g/mol. The highest BCUT2D eigenvalue weighted by Gasteiger charge is 2.18. The zero-order valence-corrected chi connectivity index (χ0v) is 14.2. The van der Waals surface area contributed by atoms with Crippen LogP contribution < -0.4 is 10.6 Å². The Kier molecular flexibility index (Phi) is 5.96. The number of nitrogens with one attached hydrogen (secondary N) is 2. The van der Waals surface area contributed by atoms with E-state index in [0.717, 1.165) is 35.8 Å². The number of thioether (sulfide) groups is 1. The first kappa shape index (κ1) is 16.2. The van der Waals surface area contributed by atoms with E-state index in [1.54, 1.807) is 0 Å². The zero-order chi connectivity index (χ0) is 15.2. The summed E-state index contributed by atoms with van der Waals surface area (Å²) in [5.74, 6) is 3.42. The minimum atomic E-state index is 0.343. The van der Waals surface area contributed by atoms with Gasteiger partial charge >= 0.3 is 0 Å². The van der Waals surface area contributed by atoms with Gasteiger partial charge in [0.15, 0.2) is 5.96 Å². The topological polar surface area (TPSA) is 62.5 Å². The predicted octanol–water partition coefficient (Wildman–Crippen LogP) is 2.46. The molecule has 1 aliphatic rings. The molecule has 2 atom stereocenters. The molecule has 2 heterocycles. The number of aliphatic imine (C=N–C) groups is 1. The number of hydrogen-bond donors (Lipinski definition) is 2. The van der Waals surface area contributed by atoms with Crippen molar-refractivity contribution < 1.29 is 4.52 Å². The van der Waals surface area contributed by atoms with E-state index in [1.807, 2.05) is 20.9 Å². The van der Waals surface area contributed by atoms with E-state index < -0.39 is 0 Å². The second-order valence-electron chi connectivity index (χ2n) is 5.61. The summed E-state index contributed by atoms with van der Waals surface area (Å²) in [4.78, 5) is 4.29. The Morgan fingerprint density at radius 3 is 2.86 bits per heavy atom. The highest BCUT2D eigenvalue weighted by molar-refractivity contribution is 8.00. The van der Waals surface area contributed by atoms with Gasteiger partial charge in [-0.25, -0.2) is 0 Å². The van der Waals surface area contributed by atoms with Gasteiger partial charge in [0.05, 0.1) is 5.69 Å². The van der Waals surface area contributed by atoms with E-state index in [2.05, 4.69) is 39.5 Å². The third-order valence-corrected chi connectivity index (χ3v) is 5.30. The first-order valence-corrected chi connectivity index (χ1v) is 8.65. The van der Waals surface area contributed by atoms with E-state index in [4.69, 9.17) is 4.52 Å². The summed E-state index contributed by atoms with van der Waals surface area (Å²) >= 11 is 2.06. The highest BCUT2D eigenvalue weighted by Crippen LogP contribution is 2.25. The molecule has 1 saturated heterocycles. The molecule has 1 aromatic rings. The molecule has 21 heavy (non-hydrogen) atoms. The van der Waals surface area contributed by atoms with Gasteiger partial charge in [0.25, 0.3) is 0 Å². The van der Waals surface area contributed by atoms with Crippen molar-refractivity contribution in [2.45, 2.75) is 44.8 Å². The van der Waals surface area contributed by atoms with Crippen molar-refractivity contribution in [3.63, 3.8) is 0 Å². The molecule has 118 valence electrons. The Balaban J connectivity index is 1.79. The molecule has 0 aliphatic carbocycles. The molecule has 1 aromatic heterocycles. The molecule has 2 unspecified atom stereocenters. The van der Waals surface area contributed by atoms with Gasteiger partial charge in [-0.1, -0.05) is 12.1 Å². The van der Waals surface area contributed by atoms with Crippen LogP contribution in [0.2, 0.25) is 0 Å². The molecule has 0 amide bonds. The molecule has 0 spiro atoms. The van der Waals surface area contributed by atoms with Crippen molar-refractivity contribution in [3.05, 3.63) is 17.0 Å². The lowest BCUT2D eigenvalue weighted by Gasteiger charge is -2.17. The first-order chi connectivity index (χ1) is 10.1. The van der Waals surface area contributed by atoms with Crippen molar-refractivity contribution >= 4 is 17.7 Å². The fraction of sp³-hybridized carbons (Fsp3) is 0.733. The quantitative estimate of drug-likeness (QED) is 0.646. The van der Waals surface area contributed by atoms with Gasteiger partial charge in [-0.3, -0.25) is 4.99 Å². The largest absolute Gasteiger partial charge is 0.361 e. The lowest BCUT2D eigenvalue weighted by molar-refractivity contribution is 0.391. The summed E-state index contributed by atoms with van der Waals surface area (Å²) in [5, 5.41) is 11.6. The second-order valence-corrected chi connectivity index (χ2v) is 7.02. The van der Waals surface area contributed by atoms with Gasteiger partial charge in [-0.2, -0.15) is 11.8 Å². The van der Waals surface area contributed by atoms with E-state index in [0.29, 0.717) is 5.92 Å². The Bertz CT molecular complexity index is 461. The number of hydrogen-bond acceptors (Lipinski definition) is 4. The van der Waals surface area contributed by atoms with Crippen LogP contribution in [-0.2, 0) is 0 Å². The number of aryl methyl sites for hydroxylation is 2. The SMILES string of the molecule is CN=C(NCC1CCCS1)NCC(C)c1c(C)noc1C. The number of rotatable bonds is 5. The molecule has 6 heteroatoms. The maximum absolute atomic E-state index is 5.24. The molecular formula is C15H26N4OS. The lowest BCUT2D eigenvalue weighted by Crippen LogP contribution is -2.41. The Hall–Kier alpha value is -1.17. The molecule has 5 nitrogen and oxygen atoms in total. The molecule has 0 radical (unpaired) electrons. The standard InChI is InChI=1S/C15H26N4OS/c1-10(14-11(2)19-20-12(14)3)8-17-15(16-4)18-9-13-6-5-7-21-13/h10,13H,5-9H2,1-4H3,(H2,16,17,18). The van der Waals surface area contributed by atoms with Gasteiger partial charge in [0.2, 0.25) is 0 Å². The number of guanidine groups is 1. The van der Waals surface area contributed by atoms with Crippen LogP contribution in [0.15, 0.2) is 9.52 Å². The van der Waals surface area contributed by atoms with E-state index in [9.17, 15) is 0 Å². The Morgan fingerprint density at radius 1 is 1.48 bits per heavy atom. The highest BCUT2D eigenvalue weighted by atomic mass is 32.2. The first-order valence-electron chi connectivity index (χ1n) is 7.60. The van der Waals surface area contributed by atoms with E-state index in [-0.39, 0.29) is 0 Å². The van der Waals surface area contributed by atoms with Gasteiger partial charge in [-0.05, 0) is 32.4 Å². The van der Waals surface area contributed by atoms with Gasteiger partial charge in [-0.15, -0.1) is 0 Å². The third kappa shape index (κ3) is 4.40. The molecule has 2 rings (SSSR count). The maximum Gasteiger partial charge on any atom is 0.191 e. The average molecular weight is 310 g/mol. The van der Waals surface area contributed by atoms with Crippen LogP contribution in [0, 0.1) is 13.8 Å². The monoisotopic (exact) mass is 310 g/mol. The minimum absolute atomic E-state index is 0.343. The van der Waals surface area contributed by atoms with Crippen LogP contribution in [0.25, 0.3) is 0 Å². The van der Waals surface area contributed by atoms with Crippen molar-refractivity contribution in [1.82, 2.24) is 15.8 Å². The summed E-state index contributed by atoms with van der Waals surface area (Å²) in [6.45, 7) is 7.95. The summed E-state index contributed by atoms with van der Waals surface area (Å²) < 4.78 is 5.24. The normalized spacial score (nSPS) is 20.6. The maximum atomic E-state index is 5.24. The van der Waals surface area contributed by atoms with Gasteiger partial charge in [0.1, 0.15) is 5.76 Å². The van der Waals surface area contributed by atoms with Gasteiger partial charge < -0.3 is 15.2 Å². The van der Waals surface area contributed by atoms with Crippen LogP contribution >= 0.6 is 11.8 Å². The fourth-order valence-corrected chi connectivity index (χ4v) is 3.98. The molecule has 1 fully saturated rings. The van der Waals surface area contributed by atoms with Crippen molar-refractivity contribution in [2.24, 2.45) is 4.99 Å². The molecule has 2 N–H and O–H groups in total. The van der Waals surface area contributed by atoms with Crippen LogP contribution in [0.3, 0.4) is 0 Å². The summed E-state index contributed by atoms with van der Waals surface area (Å²) in [5.41, 5.74) is 2.18. The molecule has 0 aromatic carbocycles. The zero-order valence-electron chi connectivity index (χ0n) is 13.4. The van der Waals surface area contributed by atoms with Crippen LogP contribution in [0.1, 0.15) is 42.7 Å². The summed E-state index contributed by atoms with van der Waals surface area (Å²) in [6.07, 6.45) is 2.65. The minimum Gasteiger partial charge on any atom is -0.361 e. The number of nitrogens with zero attached hydrogens (tertiary/aromatic N) is 2. The Labute approximate surface area is 131 Å². The van der Waals surface area contributed by atoms with Gasteiger partial charge in [0, 0.05) is 36.9 Å². The molecule has 1 aliphatic heterocycles. The van der Waals surface area contributed by atoms with Crippen LogP contribution in [0.5, 0.6) is 0 Å². The Morgan fingerprint density at radius 2 is 2.29 bits per heavy atom. The van der Waals surface area contributed by atoms with E-state index >= 15 is 0 Å². The molecule has 0 saturated carbocycles. The van der Waals surface area contributed by atoms with E-state index in [1.165, 1.54) is 24.2 Å². The van der Waals surface area contributed by atoms with Crippen molar-refractivity contribution in [1.29, 1.82) is 0 Å². The molecule has 0 bridgehead atoms. The van der Waals surface area contributed by atoms with Crippen molar-refractivity contribution in [3.8, 4) is 0 Å². The van der Waals surface area contributed by atoms with Crippen LogP contribution in [0.4, 0.5) is 0 Å². The van der Waals surface area contributed by atoms with Crippen molar-refractivity contribution in [2.75, 3.05) is 25.9 Å². The lowest BCUT2D eigenvalue weighted by atomic mass is 10.00. The second kappa shape index (κ2) is 7.73. The third-order valence-electron chi connectivity index (χ3n) is 3.90. The average Bonchev–Trinajstić information content (AvgIpc) is 3.09. The smallest absolute Gasteiger partial charge is 0.191 e. The fourth-order valence-electron chi connectivity index (χ4n) is 2.78. The van der Waals surface area contributed by atoms with Crippen LogP contribution in [-0.4, -0.2) is 42.3 Å². The predicted molar refractivity (Wildman–Crippen MR) is 89.2 cm³/mol. The summed E-state index contributed by atoms with van der Waals surface area (Å²) in [6, 6.07) is 0.